The number of aromatic nitrogens is 14. The summed E-state index contributed by atoms with van der Waals surface area (Å²) in [5.41, 5.74) is 5.90. The summed E-state index contributed by atoms with van der Waals surface area (Å²) in [6, 6.07) is 6.05. The Bertz CT molecular complexity index is 4040. The van der Waals surface area contributed by atoms with Crippen molar-refractivity contribution in [1.82, 2.24) is 67.3 Å². The summed E-state index contributed by atoms with van der Waals surface area (Å²) in [5.74, 6) is 3.58. The molecule has 10 heterocycles. The zero-order valence-electron chi connectivity index (χ0n) is 46.2. The third kappa shape index (κ3) is 11.8. The van der Waals surface area contributed by atoms with Crippen LogP contribution in [0.25, 0.3) is 44.8 Å². The van der Waals surface area contributed by atoms with Gasteiger partial charge in [0.05, 0.1) is 61.9 Å². The Morgan fingerprint density at radius 1 is 0.627 bits per heavy atom. The molecule has 29 heteroatoms. The van der Waals surface area contributed by atoms with Gasteiger partial charge in [-0.15, -0.1) is 0 Å². The van der Waals surface area contributed by atoms with E-state index in [2.05, 4.69) is 65.8 Å². The highest BCUT2D eigenvalue weighted by Crippen LogP contribution is 2.47. The Labute approximate surface area is 471 Å². The number of Topliss-reactive ketones (excluding diaryl/α,β-unsaturated/α-hetero) is 2. The average molecular weight is 1140 g/mol. The number of amides is 1. The Morgan fingerprint density at radius 2 is 1.07 bits per heavy atom. The van der Waals surface area contributed by atoms with E-state index >= 15 is 0 Å². The normalized spacial score (nSPS) is 18.1. The maximum absolute atomic E-state index is 13.3. The predicted molar refractivity (Wildman–Crippen MR) is 300 cm³/mol. The SMILES string of the molecule is COCC(=O)Cn1c(=O)c2c(ncn2[C@@H](C)C(=O)Nc2cncc(-c3ccc(N4CC5CC5C4)nc3)n2)n(C)c1=O.COCC(=O)Cn1c(=O)c2c(ncn2[C@@H](C)C(=O)O)n(C)c1=O.Nc1cncc(-c2ccc(N3CC4CC4C3)nc2)n1. The first kappa shape index (κ1) is 56.6. The lowest BCUT2D eigenvalue weighted by molar-refractivity contribution is -0.140. The Kier molecular flexibility index (Phi) is 16.0. The molecule has 1 amide bonds. The first-order valence-electron chi connectivity index (χ1n) is 26.5. The van der Waals surface area contributed by atoms with Gasteiger partial charge in [-0.2, -0.15) is 0 Å². The number of carboxylic acid groups (broad SMARTS) is 1. The number of imidazole rings is 2. The van der Waals surface area contributed by atoms with Gasteiger partial charge < -0.3 is 44.6 Å². The minimum Gasteiger partial charge on any atom is -0.480 e. The van der Waals surface area contributed by atoms with Crippen LogP contribution in [0, 0.1) is 23.7 Å². The number of nitrogen functional groups attached to an aromatic ring is 1. The number of hydrogen-bond donors (Lipinski definition) is 3. The number of carboxylic acids is 1. The number of ketones is 2. The van der Waals surface area contributed by atoms with E-state index in [1.165, 1.54) is 76.1 Å². The number of pyridine rings is 2. The third-order valence-corrected chi connectivity index (χ3v) is 15.2. The summed E-state index contributed by atoms with van der Waals surface area (Å²) < 4.78 is 15.9. The minimum atomic E-state index is -1.15. The van der Waals surface area contributed by atoms with Crippen molar-refractivity contribution in [3.8, 4) is 22.5 Å². The van der Waals surface area contributed by atoms with Crippen LogP contribution in [0.4, 0.5) is 23.3 Å². The van der Waals surface area contributed by atoms with Crippen molar-refractivity contribution >= 4 is 69.0 Å². The van der Waals surface area contributed by atoms with E-state index in [1.807, 2.05) is 24.4 Å². The first-order valence-corrected chi connectivity index (χ1v) is 26.5. The fourth-order valence-corrected chi connectivity index (χ4v) is 10.4. The quantitative estimate of drug-likeness (QED) is 0.114. The van der Waals surface area contributed by atoms with Crippen LogP contribution < -0.4 is 43.3 Å². The molecule has 6 atom stereocenters. The molecule has 2 saturated heterocycles. The van der Waals surface area contributed by atoms with Gasteiger partial charge in [-0.3, -0.25) is 52.2 Å². The molecule has 2 aliphatic heterocycles. The van der Waals surface area contributed by atoms with Crippen molar-refractivity contribution in [1.29, 1.82) is 0 Å². The number of methoxy groups -OCH3 is 2. The molecule has 4 unspecified atom stereocenters. The van der Waals surface area contributed by atoms with Crippen LogP contribution in [-0.2, 0) is 55.8 Å². The largest absolute Gasteiger partial charge is 0.480 e. The number of piperidine rings is 2. The third-order valence-electron chi connectivity index (χ3n) is 15.2. The number of fused-ring (bicyclic) bond motifs is 4. The van der Waals surface area contributed by atoms with E-state index in [0.29, 0.717) is 11.5 Å². The predicted octanol–water partition coefficient (Wildman–Crippen LogP) is 0.955. The average Bonchev–Trinajstić information content (AvgIpc) is 3.20. The van der Waals surface area contributed by atoms with Gasteiger partial charge >= 0.3 is 17.3 Å². The standard InChI is InChI=1S/C27H29N9O5.C14H15N5.C13H16N4O6/c1-15(36-14-30-24-23(36)26(39)35(27(40)33(24)2)12-19(37)13-41-3)25(38)32-21-9-28-8-20(31-21)16-4-5-22(29-7-16)34-10-17-6-18(17)11-34;15-13-6-16-5-12(18-13)9-1-2-14(17-4-9)19-7-10-3-11(10)8-19;1-7(12(20)21)17-6-14-10-9(17)11(19)16(13(22)15(10)2)4-8(18)5-23-3/h4-5,7-9,14-15,17-18H,6,10-13H2,1-3H3,(H,31,32,38);1-2,4-6,10-11H,3,7-8H2,(H2,15,18);6-7H,4-5H2,1-3H3,(H,20,21)/t15-,17?,18?;;7-/m0.0/s1. The van der Waals surface area contributed by atoms with Crippen molar-refractivity contribution in [3.05, 3.63) is 116 Å². The fourth-order valence-electron chi connectivity index (χ4n) is 10.4. The second kappa shape index (κ2) is 23.4. The molecule has 4 N–H and O–H groups in total. The molecule has 432 valence electrons. The van der Waals surface area contributed by atoms with Gasteiger partial charge in [-0.05, 0) is 74.6 Å². The monoisotopic (exact) mass is 1140 g/mol. The number of carbonyl (C=O) groups is 4. The highest BCUT2D eigenvalue weighted by molar-refractivity contribution is 5.93. The number of aryl methyl sites for hydroxylation is 2. The zero-order chi connectivity index (χ0) is 59.0. The topological polar surface area (TPSA) is 352 Å². The second-order valence-electron chi connectivity index (χ2n) is 21.0. The fraction of sp³-hybridized carbons (Fsp3) is 0.407. The van der Waals surface area contributed by atoms with Crippen LogP contribution in [0.15, 0.2) is 93.3 Å². The van der Waals surface area contributed by atoms with E-state index in [4.69, 9.17) is 15.6 Å². The molecule has 4 fully saturated rings. The van der Waals surface area contributed by atoms with Crippen LogP contribution in [0.3, 0.4) is 0 Å². The molecular weight excluding hydrogens is 1080 g/mol. The number of nitrogens with zero attached hydrogens (tertiary/aromatic N) is 16. The van der Waals surface area contributed by atoms with E-state index in [-0.39, 0.29) is 41.4 Å². The molecule has 0 bridgehead atoms. The molecule has 8 aromatic rings. The van der Waals surface area contributed by atoms with E-state index in [0.717, 1.165) is 96.6 Å². The van der Waals surface area contributed by atoms with Gasteiger partial charge in [0.15, 0.2) is 39.7 Å². The number of rotatable bonds is 17. The van der Waals surface area contributed by atoms with Gasteiger partial charge in [0, 0.05) is 78.0 Å². The lowest BCUT2D eigenvalue weighted by Crippen LogP contribution is -2.42. The summed E-state index contributed by atoms with van der Waals surface area (Å²) in [6.45, 7) is 6.00. The molecule has 0 radical (unpaired) electrons. The van der Waals surface area contributed by atoms with Crippen molar-refractivity contribution in [2.24, 2.45) is 37.8 Å². The smallest absolute Gasteiger partial charge is 0.332 e. The molecular formula is C54H60N18O11. The highest BCUT2D eigenvalue weighted by Gasteiger charge is 2.46. The zero-order valence-corrected chi connectivity index (χ0v) is 46.2. The Hall–Kier alpha value is -9.64. The van der Waals surface area contributed by atoms with Crippen molar-refractivity contribution in [3.63, 3.8) is 0 Å². The summed E-state index contributed by atoms with van der Waals surface area (Å²) in [6.07, 6.45) is 15.1. The van der Waals surface area contributed by atoms with Crippen LogP contribution in [-0.4, -0.2) is 149 Å². The lowest BCUT2D eigenvalue weighted by atomic mass is 10.2. The van der Waals surface area contributed by atoms with Crippen LogP contribution >= 0.6 is 0 Å². The molecule has 4 aliphatic rings. The van der Waals surface area contributed by atoms with Crippen LogP contribution in [0.2, 0.25) is 0 Å². The lowest BCUT2D eigenvalue weighted by Gasteiger charge is -2.19. The maximum Gasteiger partial charge on any atom is 0.332 e. The summed E-state index contributed by atoms with van der Waals surface area (Å²) in [4.78, 5) is 138. The Balaban J connectivity index is 0.000000154. The molecule has 2 aliphatic carbocycles. The van der Waals surface area contributed by atoms with E-state index in [9.17, 15) is 38.4 Å². The van der Waals surface area contributed by atoms with Crippen molar-refractivity contribution < 1.29 is 33.8 Å². The number of carbonyl (C=O) groups excluding carboxylic acids is 3. The van der Waals surface area contributed by atoms with Gasteiger partial charge in [0.25, 0.3) is 11.1 Å². The molecule has 83 heavy (non-hydrogen) atoms. The molecule has 2 saturated carbocycles. The van der Waals surface area contributed by atoms with E-state index < -0.39 is 71.1 Å². The molecule has 0 spiro atoms. The van der Waals surface area contributed by atoms with Crippen LogP contribution in [0.1, 0.15) is 38.8 Å². The van der Waals surface area contributed by atoms with E-state index in [1.54, 1.807) is 31.7 Å². The Morgan fingerprint density at radius 3 is 1.49 bits per heavy atom. The number of nitrogens with two attached hydrogens (primary N) is 1. The first-order chi connectivity index (χ1) is 39.8. The van der Waals surface area contributed by atoms with Gasteiger partial charge in [-0.1, -0.05) is 0 Å². The van der Waals surface area contributed by atoms with Crippen molar-refractivity contribution in [2.75, 3.05) is 74.5 Å². The second-order valence-corrected chi connectivity index (χ2v) is 21.0. The highest BCUT2D eigenvalue weighted by atomic mass is 16.5. The molecule has 12 rings (SSSR count). The summed E-state index contributed by atoms with van der Waals surface area (Å²) in [7, 11) is 5.51. The van der Waals surface area contributed by atoms with Gasteiger partial charge in [0.1, 0.15) is 42.8 Å². The molecule has 8 aromatic heterocycles. The number of hydrogen-bond acceptors (Lipinski definition) is 21. The maximum atomic E-state index is 13.3. The minimum absolute atomic E-state index is 0.0151. The van der Waals surface area contributed by atoms with Crippen LogP contribution in [0.5, 0.6) is 0 Å². The van der Waals surface area contributed by atoms with Gasteiger partial charge in [0.2, 0.25) is 5.91 Å². The molecule has 0 aromatic carbocycles. The van der Waals surface area contributed by atoms with Gasteiger partial charge in [-0.25, -0.2) is 44.3 Å². The number of aliphatic carboxylic acids is 1. The number of ether oxygens (including phenoxy) is 2. The van der Waals surface area contributed by atoms with Crippen molar-refractivity contribution in [2.45, 2.75) is 51.9 Å². The summed E-state index contributed by atoms with van der Waals surface area (Å²) in [5, 5.41) is 11.9. The number of anilines is 4. The number of nitrogens with one attached hydrogen (secondary N) is 1. The summed E-state index contributed by atoms with van der Waals surface area (Å²) >= 11 is 0. The molecule has 29 nitrogen and oxygen atoms in total.